The van der Waals surface area contributed by atoms with Crippen molar-refractivity contribution in [3.63, 3.8) is 0 Å². The monoisotopic (exact) mass is 285 g/mol. The molecule has 112 valence electrons. The Balaban J connectivity index is 1.53. The summed E-state index contributed by atoms with van der Waals surface area (Å²) in [5, 5.41) is 3.42. The van der Waals surface area contributed by atoms with E-state index in [1.165, 1.54) is 25.7 Å². The number of piperazine rings is 1. The van der Waals surface area contributed by atoms with Gasteiger partial charge in [0, 0.05) is 37.9 Å². The highest BCUT2D eigenvalue weighted by Gasteiger charge is 2.59. The van der Waals surface area contributed by atoms with Gasteiger partial charge in [-0.05, 0) is 36.3 Å². The van der Waals surface area contributed by atoms with Gasteiger partial charge in [0.05, 0.1) is 6.04 Å². The van der Waals surface area contributed by atoms with Gasteiger partial charge in [0.1, 0.15) is 0 Å². The molecule has 0 aromatic carbocycles. The van der Waals surface area contributed by atoms with Crippen LogP contribution in [0, 0.1) is 11.3 Å². The molecule has 2 atom stereocenters. The predicted molar refractivity (Wildman–Crippen MR) is 80.6 cm³/mol. The minimum atomic E-state index is 0.152. The van der Waals surface area contributed by atoms with Crippen molar-refractivity contribution in [1.82, 2.24) is 15.2 Å². The van der Waals surface area contributed by atoms with Gasteiger partial charge in [-0.25, -0.2) is 0 Å². The summed E-state index contributed by atoms with van der Waals surface area (Å²) in [6.45, 7) is 2.57. The van der Waals surface area contributed by atoms with Crippen molar-refractivity contribution in [3.05, 3.63) is 30.1 Å². The Bertz CT molecular complexity index is 524. The number of nitrogens with zero attached hydrogens (tertiary/aromatic N) is 2. The highest BCUT2D eigenvalue weighted by atomic mass is 16.2. The lowest BCUT2D eigenvalue weighted by atomic mass is 9.99. The van der Waals surface area contributed by atoms with Crippen molar-refractivity contribution < 1.29 is 4.79 Å². The van der Waals surface area contributed by atoms with E-state index < -0.39 is 0 Å². The Morgan fingerprint density at radius 3 is 3.00 bits per heavy atom. The van der Waals surface area contributed by atoms with Crippen LogP contribution in [0.5, 0.6) is 0 Å². The predicted octanol–water partition coefficient (Wildman–Crippen LogP) is 2.13. The summed E-state index contributed by atoms with van der Waals surface area (Å²) >= 11 is 0. The molecule has 2 saturated carbocycles. The zero-order valence-corrected chi connectivity index (χ0v) is 12.4. The fraction of sp³-hybridized carbons (Fsp3) is 0.647. The van der Waals surface area contributed by atoms with E-state index in [-0.39, 0.29) is 6.04 Å². The molecule has 1 N–H and O–H groups in total. The number of carbonyl (C=O) groups is 1. The smallest absolute Gasteiger partial charge is 0.226 e. The summed E-state index contributed by atoms with van der Waals surface area (Å²) in [7, 11) is 0. The molecule has 2 heterocycles. The Labute approximate surface area is 125 Å². The zero-order valence-electron chi connectivity index (χ0n) is 12.4. The summed E-state index contributed by atoms with van der Waals surface area (Å²) in [5.41, 5.74) is 1.54. The van der Waals surface area contributed by atoms with Gasteiger partial charge in [-0.1, -0.05) is 18.9 Å². The molecule has 4 heteroatoms. The van der Waals surface area contributed by atoms with Crippen LogP contribution in [0.15, 0.2) is 24.5 Å². The van der Waals surface area contributed by atoms with E-state index >= 15 is 0 Å². The van der Waals surface area contributed by atoms with Crippen LogP contribution in [0.3, 0.4) is 0 Å². The normalized spacial score (nSPS) is 30.6. The quantitative estimate of drug-likeness (QED) is 0.905. The molecule has 4 nitrogen and oxygen atoms in total. The Morgan fingerprint density at radius 2 is 2.24 bits per heavy atom. The molecule has 1 aliphatic heterocycles. The molecule has 3 aliphatic rings. The van der Waals surface area contributed by atoms with Crippen molar-refractivity contribution in [2.24, 2.45) is 11.3 Å². The van der Waals surface area contributed by atoms with Crippen LogP contribution in [0.4, 0.5) is 0 Å². The Hall–Kier alpha value is -1.42. The third kappa shape index (κ3) is 2.26. The Kier molecular flexibility index (Phi) is 3.21. The van der Waals surface area contributed by atoms with Gasteiger partial charge in [-0.2, -0.15) is 0 Å². The summed E-state index contributed by atoms with van der Waals surface area (Å²) in [6, 6.07) is 4.20. The molecule has 0 radical (unpaired) electrons. The van der Waals surface area contributed by atoms with Crippen molar-refractivity contribution in [3.8, 4) is 0 Å². The van der Waals surface area contributed by atoms with Gasteiger partial charge in [0.2, 0.25) is 5.91 Å². The fourth-order valence-corrected chi connectivity index (χ4v) is 4.37. The highest BCUT2D eigenvalue weighted by Crippen LogP contribution is 2.63. The van der Waals surface area contributed by atoms with Crippen LogP contribution in [0.1, 0.15) is 43.7 Å². The first-order valence-corrected chi connectivity index (χ1v) is 8.21. The Morgan fingerprint density at radius 1 is 1.38 bits per heavy atom. The lowest BCUT2D eigenvalue weighted by Gasteiger charge is -2.37. The van der Waals surface area contributed by atoms with Crippen molar-refractivity contribution in [2.45, 2.75) is 38.1 Å². The number of hydrogen-bond donors (Lipinski definition) is 1. The van der Waals surface area contributed by atoms with E-state index in [9.17, 15) is 4.79 Å². The standard InChI is InChI=1S/C17H23N3O/c21-16(14-10-17(14)5-1-2-6-17)20-9-8-19-12-15(20)13-4-3-7-18-11-13/h3-4,7,11,14-15,19H,1-2,5-6,8-10,12H2. The van der Waals surface area contributed by atoms with Gasteiger partial charge >= 0.3 is 0 Å². The molecule has 21 heavy (non-hydrogen) atoms. The number of pyridine rings is 1. The molecule has 1 saturated heterocycles. The van der Waals surface area contributed by atoms with Gasteiger partial charge in [-0.3, -0.25) is 9.78 Å². The van der Waals surface area contributed by atoms with E-state index in [1.807, 2.05) is 12.3 Å². The maximum atomic E-state index is 13.0. The van der Waals surface area contributed by atoms with E-state index in [0.29, 0.717) is 17.2 Å². The van der Waals surface area contributed by atoms with Crippen LogP contribution in [-0.4, -0.2) is 35.4 Å². The highest BCUT2D eigenvalue weighted by molar-refractivity contribution is 5.83. The second-order valence-corrected chi connectivity index (χ2v) is 6.86. The maximum absolute atomic E-state index is 13.0. The fourth-order valence-electron chi connectivity index (χ4n) is 4.37. The molecule has 1 aromatic rings. The van der Waals surface area contributed by atoms with Crippen LogP contribution in [0.2, 0.25) is 0 Å². The van der Waals surface area contributed by atoms with Gasteiger partial charge in [-0.15, -0.1) is 0 Å². The molecule has 2 unspecified atom stereocenters. The van der Waals surface area contributed by atoms with Gasteiger partial charge in [0.25, 0.3) is 0 Å². The van der Waals surface area contributed by atoms with Crippen molar-refractivity contribution in [1.29, 1.82) is 0 Å². The van der Waals surface area contributed by atoms with Crippen molar-refractivity contribution >= 4 is 5.91 Å². The molecule has 3 fully saturated rings. The largest absolute Gasteiger partial charge is 0.333 e. The first kappa shape index (κ1) is 13.3. The summed E-state index contributed by atoms with van der Waals surface area (Å²) in [6.07, 6.45) is 10.0. The lowest BCUT2D eigenvalue weighted by molar-refractivity contribution is -0.136. The second kappa shape index (κ2) is 5.09. The lowest BCUT2D eigenvalue weighted by Crippen LogP contribution is -2.49. The molecule has 1 aromatic heterocycles. The molecule has 1 amide bonds. The zero-order chi connectivity index (χ0) is 14.3. The van der Waals surface area contributed by atoms with E-state index in [1.54, 1.807) is 6.20 Å². The van der Waals surface area contributed by atoms with Gasteiger partial charge in [0.15, 0.2) is 0 Å². The molecule has 0 bridgehead atoms. The average molecular weight is 285 g/mol. The molecule has 2 aliphatic carbocycles. The minimum Gasteiger partial charge on any atom is -0.333 e. The first-order chi connectivity index (χ1) is 10.3. The van der Waals surface area contributed by atoms with E-state index in [0.717, 1.165) is 31.6 Å². The number of aromatic nitrogens is 1. The van der Waals surface area contributed by atoms with Crippen LogP contribution < -0.4 is 5.32 Å². The molecular formula is C17H23N3O. The molecule has 1 spiro atoms. The number of carbonyl (C=O) groups excluding carboxylic acids is 1. The second-order valence-electron chi connectivity index (χ2n) is 6.86. The van der Waals surface area contributed by atoms with Crippen LogP contribution >= 0.6 is 0 Å². The van der Waals surface area contributed by atoms with E-state index in [2.05, 4.69) is 21.3 Å². The number of rotatable bonds is 2. The SMILES string of the molecule is O=C(C1CC12CCCC2)N1CCNCC1c1cccnc1. The molecular weight excluding hydrogens is 262 g/mol. The van der Waals surface area contributed by atoms with E-state index in [4.69, 9.17) is 0 Å². The van der Waals surface area contributed by atoms with Gasteiger partial charge < -0.3 is 10.2 Å². The molecule has 4 rings (SSSR count). The topological polar surface area (TPSA) is 45.2 Å². The average Bonchev–Trinajstić information content (AvgIpc) is 3.04. The minimum absolute atomic E-state index is 0.152. The number of hydrogen-bond acceptors (Lipinski definition) is 3. The van der Waals surface area contributed by atoms with Crippen molar-refractivity contribution in [2.75, 3.05) is 19.6 Å². The van der Waals surface area contributed by atoms with Crippen LogP contribution in [0.25, 0.3) is 0 Å². The van der Waals surface area contributed by atoms with Crippen LogP contribution in [-0.2, 0) is 4.79 Å². The summed E-state index contributed by atoms with van der Waals surface area (Å²) in [5.74, 6) is 0.699. The third-order valence-electron chi connectivity index (χ3n) is 5.68. The maximum Gasteiger partial charge on any atom is 0.226 e. The number of amides is 1. The summed E-state index contributed by atoms with van der Waals surface area (Å²) < 4.78 is 0. The first-order valence-electron chi connectivity index (χ1n) is 8.21. The third-order valence-corrected chi connectivity index (χ3v) is 5.68. The summed E-state index contributed by atoms with van der Waals surface area (Å²) in [4.78, 5) is 19.3. The number of nitrogens with one attached hydrogen (secondary N) is 1.